The fourth-order valence-corrected chi connectivity index (χ4v) is 3.24. The molecule has 0 saturated heterocycles. The molecule has 2 N–H and O–H groups in total. The Balaban J connectivity index is 2.29. The number of hydrogen-bond donors (Lipinski definition) is 2. The normalized spacial score (nSPS) is 13.2. The van der Waals surface area contributed by atoms with Crippen LogP contribution in [-0.2, 0) is 14.8 Å². The minimum absolute atomic E-state index is 0.0337. The monoisotopic (exact) mass is 339 g/mol. The minimum atomic E-state index is -3.98. The highest BCUT2D eigenvalue weighted by Crippen LogP contribution is 2.16. The third kappa shape index (κ3) is 4.33. The van der Waals surface area contributed by atoms with Gasteiger partial charge in [0.1, 0.15) is 12.4 Å². The fourth-order valence-electron chi connectivity index (χ4n) is 2.00. The van der Waals surface area contributed by atoms with E-state index in [4.69, 9.17) is 0 Å². The van der Waals surface area contributed by atoms with Gasteiger partial charge in [-0.15, -0.1) is 5.10 Å². The van der Waals surface area contributed by atoms with Crippen LogP contribution in [0.2, 0.25) is 0 Å². The maximum Gasteiger partial charge on any atom is 0.321 e. The smallest absolute Gasteiger partial charge is 0.321 e. The van der Waals surface area contributed by atoms with Gasteiger partial charge >= 0.3 is 5.97 Å². The standard InChI is InChI=1S/C13H17N5O4S/c1-9(2)6-12(13(19)20)15-23(21,22)11-5-3-4-10(7-11)18-8-14-16-17-18/h3-5,7-9,12,15H,6H2,1-2H3,(H,19,20). The molecule has 0 aliphatic rings. The van der Waals surface area contributed by atoms with E-state index < -0.39 is 22.0 Å². The molecule has 0 saturated carbocycles. The molecule has 9 nitrogen and oxygen atoms in total. The topological polar surface area (TPSA) is 127 Å². The lowest BCUT2D eigenvalue weighted by molar-refractivity contribution is -0.139. The van der Waals surface area contributed by atoms with E-state index in [9.17, 15) is 18.3 Å². The van der Waals surface area contributed by atoms with Crippen molar-refractivity contribution in [3.05, 3.63) is 30.6 Å². The van der Waals surface area contributed by atoms with Gasteiger partial charge in [-0.05, 0) is 41.0 Å². The summed E-state index contributed by atoms with van der Waals surface area (Å²) in [5.74, 6) is -1.18. The molecular weight excluding hydrogens is 322 g/mol. The van der Waals surface area contributed by atoms with Crippen molar-refractivity contribution in [2.24, 2.45) is 5.92 Å². The number of rotatable bonds is 7. The van der Waals surface area contributed by atoms with Gasteiger partial charge in [0.2, 0.25) is 10.0 Å². The van der Waals surface area contributed by atoms with Crippen molar-refractivity contribution in [1.82, 2.24) is 24.9 Å². The average Bonchev–Trinajstić information content (AvgIpc) is 3.00. The zero-order chi connectivity index (χ0) is 17.0. The van der Waals surface area contributed by atoms with Crippen LogP contribution in [0.4, 0.5) is 0 Å². The fraction of sp³-hybridized carbons (Fsp3) is 0.385. The van der Waals surface area contributed by atoms with Crippen LogP contribution in [0.5, 0.6) is 0 Å². The number of tetrazole rings is 1. The largest absolute Gasteiger partial charge is 0.480 e. The summed E-state index contributed by atoms with van der Waals surface area (Å²) in [5.41, 5.74) is 0.452. The van der Waals surface area contributed by atoms with E-state index in [0.717, 1.165) is 0 Å². The number of carbonyl (C=O) groups is 1. The van der Waals surface area contributed by atoms with Gasteiger partial charge in [-0.2, -0.15) is 4.72 Å². The van der Waals surface area contributed by atoms with Gasteiger partial charge in [0.25, 0.3) is 0 Å². The second-order valence-electron chi connectivity index (χ2n) is 5.39. The first-order valence-corrected chi connectivity index (χ1v) is 8.36. The van der Waals surface area contributed by atoms with E-state index in [0.29, 0.717) is 5.69 Å². The maximum atomic E-state index is 12.4. The van der Waals surface area contributed by atoms with Crippen LogP contribution < -0.4 is 4.72 Å². The second kappa shape index (κ2) is 6.84. The Kier molecular flexibility index (Phi) is 5.06. The average molecular weight is 339 g/mol. The van der Waals surface area contributed by atoms with Crippen LogP contribution in [0.3, 0.4) is 0 Å². The molecule has 1 aromatic heterocycles. The molecule has 0 fully saturated rings. The lowest BCUT2D eigenvalue weighted by atomic mass is 10.1. The Morgan fingerprint density at radius 3 is 2.70 bits per heavy atom. The van der Waals surface area contributed by atoms with E-state index in [1.54, 1.807) is 6.07 Å². The Morgan fingerprint density at radius 2 is 2.13 bits per heavy atom. The molecule has 0 spiro atoms. The number of aromatic nitrogens is 4. The summed E-state index contributed by atoms with van der Waals surface area (Å²) in [6.07, 6.45) is 1.53. The van der Waals surface area contributed by atoms with Crippen molar-refractivity contribution in [3.63, 3.8) is 0 Å². The number of hydrogen-bond acceptors (Lipinski definition) is 6. The summed E-state index contributed by atoms with van der Waals surface area (Å²) < 4.78 is 28.4. The molecule has 124 valence electrons. The van der Waals surface area contributed by atoms with E-state index in [1.165, 1.54) is 29.2 Å². The quantitative estimate of drug-likeness (QED) is 0.749. The van der Waals surface area contributed by atoms with Crippen LogP contribution in [0.25, 0.3) is 5.69 Å². The van der Waals surface area contributed by atoms with Gasteiger partial charge in [-0.25, -0.2) is 13.1 Å². The van der Waals surface area contributed by atoms with Crippen molar-refractivity contribution >= 4 is 16.0 Å². The number of sulfonamides is 1. The molecule has 0 amide bonds. The van der Waals surface area contributed by atoms with Crippen molar-refractivity contribution in [3.8, 4) is 5.69 Å². The van der Waals surface area contributed by atoms with E-state index in [1.807, 2.05) is 13.8 Å². The summed E-state index contributed by atoms with van der Waals surface area (Å²) in [6.45, 7) is 3.64. The summed E-state index contributed by atoms with van der Waals surface area (Å²) in [5, 5.41) is 19.8. The zero-order valence-electron chi connectivity index (χ0n) is 12.6. The molecule has 1 aromatic carbocycles. The number of carboxylic acid groups (broad SMARTS) is 1. The van der Waals surface area contributed by atoms with Crippen LogP contribution in [0.15, 0.2) is 35.5 Å². The summed E-state index contributed by atoms with van der Waals surface area (Å²) in [6, 6.07) is 4.73. The molecule has 1 unspecified atom stereocenters. The predicted molar refractivity (Wildman–Crippen MR) is 80.4 cm³/mol. The highest BCUT2D eigenvalue weighted by Gasteiger charge is 2.26. The Morgan fingerprint density at radius 1 is 1.39 bits per heavy atom. The first-order valence-electron chi connectivity index (χ1n) is 6.88. The Labute approximate surface area is 133 Å². The van der Waals surface area contributed by atoms with Crippen LogP contribution >= 0.6 is 0 Å². The first-order chi connectivity index (χ1) is 10.8. The molecular formula is C13H17N5O4S. The van der Waals surface area contributed by atoms with Gasteiger partial charge < -0.3 is 5.11 Å². The lowest BCUT2D eigenvalue weighted by Crippen LogP contribution is -2.41. The van der Waals surface area contributed by atoms with Gasteiger partial charge in [0.05, 0.1) is 10.6 Å². The SMILES string of the molecule is CC(C)CC(NS(=O)(=O)c1cccc(-n2cnnn2)c1)C(=O)O. The van der Waals surface area contributed by atoms with Crippen LogP contribution in [0.1, 0.15) is 20.3 Å². The number of carboxylic acids is 1. The third-order valence-electron chi connectivity index (χ3n) is 3.04. The van der Waals surface area contributed by atoms with Crippen LogP contribution in [-0.4, -0.2) is 45.7 Å². The van der Waals surface area contributed by atoms with Gasteiger partial charge in [-0.3, -0.25) is 4.79 Å². The third-order valence-corrected chi connectivity index (χ3v) is 4.51. The molecule has 23 heavy (non-hydrogen) atoms. The molecule has 1 heterocycles. The predicted octanol–water partition coefficient (Wildman–Crippen LogP) is 0.440. The molecule has 0 aliphatic heterocycles. The number of nitrogens with one attached hydrogen (secondary N) is 1. The molecule has 10 heteroatoms. The van der Waals surface area contributed by atoms with Crippen molar-refractivity contribution in [1.29, 1.82) is 0 Å². The molecule has 0 radical (unpaired) electrons. The number of benzene rings is 1. The van der Waals surface area contributed by atoms with E-state index in [2.05, 4.69) is 20.2 Å². The summed E-state index contributed by atoms with van der Waals surface area (Å²) in [4.78, 5) is 11.2. The summed E-state index contributed by atoms with van der Waals surface area (Å²) >= 11 is 0. The number of aliphatic carboxylic acids is 1. The van der Waals surface area contributed by atoms with Crippen molar-refractivity contribution < 1.29 is 18.3 Å². The summed E-state index contributed by atoms with van der Waals surface area (Å²) in [7, 11) is -3.98. The van der Waals surface area contributed by atoms with E-state index in [-0.39, 0.29) is 17.2 Å². The van der Waals surface area contributed by atoms with Crippen molar-refractivity contribution in [2.45, 2.75) is 31.2 Å². The second-order valence-corrected chi connectivity index (χ2v) is 7.11. The minimum Gasteiger partial charge on any atom is -0.480 e. The van der Waals surface area contributed by atoms with Gasteiger partial charge in [0, 0.05) is 0 Å². The van der Waals surface area contributed by atoms with Crippen molar-refractivity contribution in [2.75, 3.05) is 0 Å². The Bertz CT molecular complexity index is 773. The highest BCUT2D eigenvalue weighted by molar-refractivity contribution is 7.89. The zero-order valence-corrected chi connectivity index (χ0v) is 13.4. The van der Waals surface area contributed by atoms with E-state index >= 15 is 0 Å². The molecule has 0 bridgehead atoms. The van der Waals surface area contributed by atoms with Gasteiger partial charge in [0.15, 0.2) is 0 Å². The molecule has 2 aromatic rings. The molecule has 0 aliphatic carbocycles. The van der Waals surface area contributed by atoms with Gasteiger partial charge in [-0.1, -0.05) is 19.9 Å². The number of nitrogens with zero attached hydrogens (tertiary/aromatic N) is 4. The molecule has 2 rings (SSSR count). The molecule has 1 atom stereocenters. The maximum absolute atomic E-state index is 12.4. The lowest BCUT2D eigenvalue weighted by Gasteiger charge is -2.16. The first kappa shape index (κ1) is 17.0. The van der Waals surface area contributed by atoms with Crippen LogP contribution in [0, 0.1) is 5.92 Å². The highest BCUT2D eigenvalue weighted by atomic mass is 32.2. The Hall–Kier alpha value is -2.33.